The predicted molar refractivity (Wildman–Crippen MR) is 73.7 cm³/mol. The van der Waals surface area contributed by atoms with E-state index in [0.717, 1.165) is 18.4 Å². The van der Waals surface area contributed by atoms with Crippen LogP contribution in [0.4, 0.5) is 0 Å². The molecule has 1 saturated carbocycles. The van der Waals surface area contributed by atoms with Gasteiger partial charge in [0.15, 0.2) is 0 Å². The highest BCUT2D eigenvalue weighted by Gasteiger charge is 2.28. The summed E-state index contributed by atoms with van der Waals surface area (Å²) in [5.41, 5.74) is 4.08. The second kappa shape index (κ2) is 3.83. The fourth-order valence-electron chi connectivity index (χ4n) is 3.54. The number of aryl methyl sites for hydroxylation is 2. The summed E-state index contributed by atoms with van der Waals surface area (Å²) in [4.78, 5) is 0. The Kier molecular flexibility index (Phi) is 2.25. The van der Waals surface area contributed by atoms with Crippen LogP contribution in [0.15, 0.2) is 30.3 Å². The Morgan fingerprint density at radius 1 is 1.00 bits per heavy atom. The summed E-state index contributed by atoms with van der Waals surface area (Å²) in [5.74, 6) is 0.489. The largest absolute Gasteiger partial charge is 0.388 e. The van der Waals surface area contributed by atoms with E-state index in [4.69, 9.17) is 0 Å². The van der Waals surface area contributed by atoms with Crippen molar-refractivity contribution < 1.29 is 5.11 Å². The predicted octanol–water partition coefficient (Wildman–Crippen LogP) is 3.77. The second-order valence-electron chi connectivity index (χ2n) is 5.79. The molecule has 92 valence electrons. The molecule has 1 unspecified atom stereocenters. The first-order chi connectivity index (χ1) is 8.84. The highest BCUT2D eigenvalue weighted by Crippen LogP contribution is 2.42. The van der Waals surface area contributed by atoms with Gasteiger partial charge in [0.05, 0.1) is 6.10 Å². The summed E-state index contributed by atoms with van der Waals surface area (Å²) in [5, 5.41) is 13.3. The quantitative estimate of drug-likeness (QED) is 0.844. The maximum atomic E-state index is 10.5. The van der Waals surface area contributed by atoms with Gasteiger partial charge in [-0.3, -0.25) is 0 Å². The van der Waals surface area contributed by atoms with Crippen molar-refractivity contribution in [3.05, 3.63) is 47.0 Å². The zero-order valence-electron chi connectivity index (χ0n) is 10.5. The molecule has 1 atom stereocenters. The minimum atomic E-state index is -0.261. The van der Waals surface area contributed by atoms with Crippen LogP contribution in [0.3, 0.4) is 0 Å². The molecule has 0 saturated heterocycles. The first-order valence-electron chi connectivity index (χ1n) is 7.06. The zero-order chi connectivity index (χ0) is 12.1. The lowest BCUT2D eigenvalue weighted by Gasteiger charge is -2.31. The number of aliphatic hydroxyl groups excluding tert-OH is 1. The fraction of sp³-hybridized carbons (Fsp3) is 0.412. The summed E-state index contributed by atoms with van der Waals surface area (Å²) < 4.78 is 0. The molecule has 4 rings (SSSR count). The highest BCUT2D eigenvalue weighted by molar-refractivity contribution is 5.93. The van der Waals surface area contributed by atoms with Gasteiger partial charge in [-0.2, -0.15) is 0 Å². The zero-order valence-corrected chi connectivity index (χ0v) is 10.5. The average Bonchev–Trinajstić information content (AvgIpc) is 2.73. The van der Waals surface area contributed by atoms with E-state index in [1.54, 1.807) is 0 Å². The van der Waals surface area contributed by atoms with E-state index >= 15 is 0 Å². The summed E-state index contributed by atoms with van der Waals surface area (Å²) in [7, 11) is 0. The topological polar surface area (TPSA) is 20.2 Å². The number of hydrogen-bond donors (Lipinski definition) is 1. The Morgan fingerprint density at radius 2 is 1.78 bits per heavy atom. The van der Waals surface area contributed by atoms with E-state index in [-0.39, 0.29) is 6.10 Å². The lowest BCUT2D eigenvalue weighted by atomic mass is 9.77. The van der Waals surface area contributed by atoms with E-state index in [9.17, 15) is 5.11 Å². The van der Waals surface area contributed by atoms with Crippen molar-refractivity contribution in [2.24, 2.45) is 5.92 Å². The minimum absolute atomic E-state index is 0.261. The molecule has 0 heterocycles. The average molecular weight is 238 g/mol. The third-order valence-corrected chi connectivity index (χ3v) is 4.83. The van der Waals surface area contributed by atoms with Gasteiger partial charge in [-0.15, -0.1) is 0 Å². The molecule has 18 heavy (non-hydrogen) atoms. The summed E-state index contributed by atoms with van der Waals surface area (Å²) in [6.45, 7) is 0. The smallest absolute Gasteiger partial charge is 0.0824 e. The summed E-state index contributed by atoms with van der Waals surface area (Å²) >= 11 is 0. The molecule has 1 fully saturated rings. The van der Waals surface area contributed by atoms with E-state index in [0.29, 0.717) is 5.92 Å². The van der Waals surface area contributed by atoms with Crippen molar-refractivity contribution in [3.8, 4) is 0 Å². The fourth-order valence-corrected chi connectivity index (χ4v) is 3.54. The van der Waals surface area contributed by atoms with Crippen LogP contribution in [0.2, 0.25) is 0 Å². The van der Waals surface area contributed by atoms with Gasteiger partial charge in [-0.1, -0.05) is 36.8 Å². The van der Waals surface area contributed by atoms with Gasteiger partial charge in [-0.25, -0.2) is 0 Å². The van der Waals surface area contributed by atoms with E-state index in [1.165, 1.54) is 41.2 Å². The van der Waals surface area contributed by atoms with Crippen molar-refractivity contribution in [2.45, 2.75) is 38.2 Å². The van der Waals surface area contributed by atoms with Crippen molar-refractivity contribution in [1.82, 2.24) is 0 Å². The van der Waals surface area contributed by atoms with Crippen LogP contribution in [-0.2, 0) is 12.8 Å². The molecular weight excluding hydrogens is 220 g/mol. The summed E-state index contributed by atoms with van der Waals surface area (Å²) in [6.07, 6.45) is 5.71. The molecule has 2 aliphatic carbocycles. The van der Waals surface area contributed by atoms with Crippen LogP contribution < -0.4 is 0 Å². The SMILES string of the molecule is OC(c1ccc2c3c(cccc13)CC2)C1CCC1. The molecular formula is C17H18O. The van der Waals surface area contributed by atoms with Crippen LogP contribution in [0.1, 0.15) is 42.1 Å². The maximum Gasteiger partial charge on any atom is 0.0824 e. The van der Waals surface area contributed by atoms with Gasteiger partial charge in [-0.05, 0) is 59.1 Å². The van der Waals surface area contributed by atoms with Crippen molar-refractivity contribution in [1.29, 1.82) is 0 Å². The molecule has 0 spiro atoms. The normalized spacial score (nSPS) is 20.1. The first-order valence-corrected chi connectivity index (χ1v) is 7.06. The molecule has 0 radical (unpaired) electrons. The third-order valence-electron chi connectivity index (χ3n) is 4.83. The Hall–Kier alpha value is -1.34. The number of rotatable bonds is 2. The van der Waals surface area contributed by atoms with Gasteiger partial charge in [0.2, 0.25) is 0 Å². The lowest BCUT2D eigenvalue weighted by Crippen LogP contribution is -2.20. The molecule has 0 amide bonds. The van der Waals surface area contributed by atoms with Gasteiger partial charge >= 0.3 is 0 Å². The Bertz CT molecular complexity index is 600. The number of hydrogen-bond acceptors (Lipinski definition) is 1. The van der Waals surface area contributed by atoms with Crippen molar-refractivity contribution in [3.63, 3.8) is 0 Å². The molecule has 1 N–H and O–H groups in total. The molecule has 1 heteroatoms. The van der Waals surface area contributed by atoms with Crippen molar-refractivity contribution >= 4 is 10.8 Å². The van der Waals surface area contributed by atoms with Crippen molar-refractivity contribution in [2.75, 3.05) is 0 Å². The molecule has 0 bridgehead atoms. The number of aliphatic hydroxyl groups is 1. The van der Waals surface area contributed by atoms with Gasteiger partial charge < -0.3 is 5.11 Å². The van der Waals surface area contributed by atoms with Gasteiger partial charge in [0.1, 0.15) is 0 Å². The summed E-state index contributed by atoms with van der Waals surface area (Å²) in [6, 6.07) is 11.0. The van der Waals surface area contributed by atoms with Gasteiger partial charge in [0.25, 0.3) is 0 Å². The lowest BCUT2D eigenvalue weighted by molar-refractivity contribution is 0.0632. The van der Waals surface area contributed by atoms with E-state index in [1.807, 2.05) is 0 Å². The standard InChI is InChI=1S/C17H18O/c18-17(13-4-1-5-13)15-10-9-12-8-7-11-3-2-6-14(15)16(11)12/h2-3,6,9-10,13,17-18H,1,4-5,7-8H2. The van der Waals surface area contributed by atoms with Crippen LogP contribution in [0.5, 0.6) is 0 Å². The molecule has 2 aliphatic rings. The van der Waals surface area contributed by atoms with Crippen LogP contribution in [0.25, 0.3) is 10.8 Å². The number of benzene rings is 2. The molecule has 1 nitrogen and oxygen atoms in total. The Labute approximate surface area is 107 Å². The molecule has 0 aliphatic heterocycles. The first kappa shape index (κ1) is 10.6. The maximum absolute atomic E-state index is 10.5. The van der Waals surface area contributed by atoms with Crippen LogP contribution in [0, 0.1) is 5.92 Å². The molecule has 0 aromatic heterocycles. The molecule has 2 aromatic carbocycles. The third kappa shape index (κ3) is 1.37. The van der Waals surface area contributed by atoms with E-state index < -0.39 is 0 Å². The monoisotopic (exact) mass is 238 g/mol. The van der Waals surface area contributed by atoms with Crippen LogP contribution in [-0.4, -0.2) is 5.11 Å². The molecule has 2 aromatic rings. The Morgan fingerprint density at radius 3 is 2.50 bits per heavy atom. The van der Waals surface area contributed by atoms with Gasteiger partial charge in [0, 0.05) is 0 Å². The highest BCUT2D eigenvalue weighted by atomic mass is 16.3. The van der Waals surface area contributed by atoms with E-state index in [2.05, 4.69) is 30.3 Å². The second-order valence-corrected chi connectivity index (χ2v) is 5.79. The Balaban J connectivity index is 1.91. The van der Waals surface area contributed by atoms with Crippen LogP contribution >= 0.6 is 0 Å². The minimum Gasteiger partial charge on any atom is -0.388 e.